The number of halogens is 1. The van der Waals surface area contributed by atoms with Crippen molar-refractivity contribution in [3.63, 3.8) is 0 Å². The van der Waals surface area contributed by atoms with Crippen LogP contribution in [0.1, 0.15) is 61.4 Å². The minimum absolute atomic E-state index is 0.0128. The van der Waals surface area contributed by atoms with Gasteiger partial charge in [-0.15, -0.1) is 0 Å². The van der Waals surface area contributed by atoms with Gasteiger partial charge in [0.1, 0.15) is 34.6 Å². The maximum Gasteiger partial charge on any atom is 0.255 e. The van der Waals surface area contributed by atoms with Crippen molar-refractivity contribution in [2.75, 3.05) is 45.7 Å². The first kappa shape index (κ1) is 36.1. The number of nitrogens with zero attached hydrogens (tertiary/aromatic N) is 2. The second-order valence-electron chi connectivity index (χ2n) is 12.9. The lowest BCUT2D eigenvalue weighted by atomic mass is 9.82. The first-order chi connectivity index (χ1) is 23.6. The summed E-state index contributed by atoms with van der Waals surface area (Å²) in [5.41, 5.74) is 1.27. The molecule has 0 bridgehead atoms. The zero-order chi connectivity index (χ0) is 35.1. The minimum Gasteiger partial charge on any atom is -0.497 e. The lowest BCUT2D eigenvalue weighted by Gasteiger charge is -2.41. The Balaban J connectivity index is 1.36. The van der Waals surface area contributed by atoms with Crippen molar-refractivity contribution in [3.8, 4) is 5.75 Å². The molecule has 4 amide bonds. The van der Waals surface area contributed by atoms with Crippen molar-refractivity contribution in [3.05, 3.63) is 59.6 Å². The lowest BCUT2D eigenvalue weighted by Crippen LogP contribution is -2.65. The highest BCUT2D eigenvalue weighted by Gasteiger charge is 2.46. The number of piperazine rings is 1. The minimum atomic E-state index is -1.27. The zero-order valence-corrected chi connectivity index (χ0v) is 29.7. The van der Waals surface area contributed by atoms with E-state index in [2.05, 4.69) is 20.9 Å². The van der Waals surface area contributed by atoms with Crippen LogP contribution in [0.25, 0.3) is 11.0 Å². The van der Waals surface area contributed by atoms with E-state index in [4.69, 9.17) is 9.15 Å². The van der Waals surface area contributed by atoms with Gasteiger partial charge in [0.15, 0.2) is 0 Å². The molecule has 13 heteroatoms. The number of anilines is 1. The number of carbonyl (C=O) groups is 4. The highest BCUT2D eigenvalue weighted by Crippen LogP contribution is 2.35. The van der Waals surface area contributed by atoms with Crippen molar-refractivity contribution in [1.82, 2.24) is 20.4 Å². The van der Waals surface area contributed by atoms with Crippen LogP contribution in [0.2, 0.25) is 6.55 Å². The zero-order valence-electron chi connectivity index (χ0n) is 28.7. The molecule has 3 N–H and O–H groups in total. The van der Waals surface area contributed by atoms with E-state index in [1.54, 1.807) is 43.2 Å². The third-order valence-electron chi connectivity index (χ3n) is 9.80. The molecule has 0 unspecified atom stereocenters. The Morgan fingerprint density at radius 2 is 1.80 bits per heavy atom. The summed E-state index contributed by atoms with van der Waals surface area (Å²) in [6.45, 7) is 6.17. The van der Waals surface area contributed by atoms with Crippen molar-refractivity contribution >= 4 is 49.8 Å². The first-order valence-electron chi connectivity index (χ1n) is 17.0. The van der Waals surface area contributed by atoms with Crippen molar-refractivity contribution < 1.29 is 32.7 Å². The number of benzene rings is 2. The Morgan fingerprint density at radius 1 is 1.06 bits per heavy atom. The SMILES string of the molecule is CCC(=O)N[C@H](Cc1ccc(NC(=O)[C@@](NC(=O)c2coc3cc(OC)ccc23)([Si]C)C2CCCCC2)c(F)c1)C(=O)N1CCN(C)CC1. The topological polar surface area (TPSA) is 133 Å². The second-order valence-corrected chi connectivity index (χ2v) is 14.2. The summed E-state index contributed by atoms with van der Waals surface area (Å²) in [6.07, 6.45) is 6.12. The molecule has 2 radical (unpaired) electrons. The number of amides is 4. The van der Waals surface area contributed by atoms with Crippen molar-refractivity contribution in [2.24, 2.45) is 5.92 Å². The molecule has 2 atom stereocenters. The first-order valence-corrected chi connectivity index (χ1v) is 18.5. The number of nitrogens with one attached hydrogen (secondary N) is 3. The van der Waals surface area contributed by atoms with Gasteiger partial charge < -0.3 is 34.9 Å². The average Bonchev–Trinajstić information content (AvgIpc) is 3.55. The van der Waals surface area contributed by atoms with Crippen LogP contribution < -0.4 is 20.7 Å². The van der Waals surface area contributed by atoms with E-state index in [0.717, 1.165) is 45.2 Å². The molecule has 2 aliphatic rings. The number of fused-ring (bicyclic) bond motifs is 1. The van der Waals surface area contributed by atoms with Gasteiger partial charge in [-0.25, -0.2) is 4.39 Å². The van der Waals surface area contributed by atoms with Gasteiger partial charge in [-0.3, -0.25) is 19.2 Å². The predicted molar refractivity (Wildman–Crippen MR) is 186 cm³/mol. The monoisotopic (exact) mass is 691 g/mol. The van der Waals surface area contributed by atoms with E-state index in [1.165, 1.54) is 18.4 Å². The van der Waals surface area contributed by atoms with Crippen LogP contribution >= 0.6 is 0 Å². The highest BCUT2D eigenvalue weighted by molar-refractivity contribution is 6.48. The molecule has 2 fully saturated rings. The van der Waals surface area contributed by atoms with Crippen LogP contribution in [0, 0.1) is 11.7 Å². The molecular weight excluding hydrogens is 646 g/mol. The summed E-state index contributed by atoms with van der Waals surface area (Å²) < 4.78 is 26.7. The fraction of sp³-hybridized carbons (Fsp3) is 0.500. The van der Waals surface area contributed by atoms with Gasteiger partial charge in [0, 0.05) is 50.5 Å². The molecule has 3 aromatic rings. The molecule has 1 saturated heterocycles. The molecule has 1 aromatic heterocycles. The molecule has 2 heterocycles. The summed E-state index contributed by atoms with van der Waals surface area (Å²) in [4.78, 5) is 57.7. The highest BCUT2D eigenvalue weighted by atomic mass is 28.2. The van der Waals surface area contributed by atoms with E-state index in [-0.39, 0.29) is 45.8 Å². The fourth-order valence-electron chi connectivity index (χ4n) is 6.81. The van der Waals surface area contributed by atoms with Gasteiger partial charge in [0.2, 0.25) is 17.7 Å². The number of methoxy groups -OCH3 is 1. The standard InChI is InChI=1S/C36H46FN5O6Si/c1-5-32(43)38-30(34(45)42-17-15-41(2)16-18-42)20-23-11-14-29(28(37)19-23)39-35(46)36(49-4,24-9-7-6-8-10-24)40-33(44)27-22-48-31-21-25(47-3)12-13-26(27)31/h11-14,19,21-22,24,30H,5-10,15-18,20H2,1-4H3,(H,38,43)(H,39,46)(H,40,44)/t30-,36+/m1/s1. The summed E-state index contributed by atoms with van der Waals surface area (Å²) >= 11 is 0. The Morgan fingerprint density at radius 3 is 2.45 bits per heavy atom. The molecule has 0 spiro atoms. The molecule has 5 rings (SSSR count). The summed E-state index contributed by atoms with van der Waals surface area (Å²) in [5, 5.41) is 8.01. The van der Waals surface area contributed by atoms with Gasteiger partial charge in [0.05, 0.1) is 27.9 Å². The van der Waals surface area contributed by atoms with E-state index < -0.39 is 28.8 Å². The van der Waals surface area contributed by atoms with Crippen molar-refractivity contribution in [1.29, 1.82) is 0 Å². The molecule has 262 valence electrons. The molecular formula is C36H46FN5O6Si. The second kappa shape index (κ2) is 16.0. The van der Waals surface area contributed by atoms with Gasteiger partial charge in [-0.1, -0.05) is 38.8 Å². The Kier molecular flexibility index (Phi) is 11.8. The third-order valence-corrected chi connectivity index (χ3v) is 11.3. The molecule has 49 heavy (non-hydrogen) atoms. The van der Waals surface area contributed by atoms with E-state index in [0.29, 0.717) is 40.9 Å². The largest absolute Gasteiger partial charge is 0.497 e. The predicted octanol–water partition coefficient (Wildman–Crippen LogP) is 4.19. The number of ether oxygens (including phenoxy) is 1. The van der Waals surface area contributed by atoms with E-state index >= 15 is 4.39 Å². The van der Waals surface area contributed by atoms with E-state index in [1.807, 2.05) is 13.6 Å². The van der Waals surface area contributed by atoms with Crippen LogP contribution in [0.5, 0.6) is 5.75 Å². The summed E-state index contributed by atoms with van der Waals surface area (Å²) in [7, 11) is 3.53. The Labute approximate surface area is 289 Å². The third kappa shape index (κ3) is 8.15. The van der Waals surface area contributed by atoms with E-state index in [9.17, 15) is 19.2 Å². The van der Waals surface area contributed by atoms with Crippen LogP contribution in [0.4, 0.5) is 10.1 Å². The molecule has 1 saturated carbocycles. The maximum atomic E-state index is 15.7. The molecule has 1 aliphatic heterocycles. The molecule has 2 aromatic carbocycles. The number of furan rings is 1. The van der Waals surface area contributed by atoms with Crippen LogP contribution in [0.15, 0.2) is 47.1 Å². The van der Waals surface area contributed by atoms with Crippen LogP contribution in [-0.2, 0) is 20.8 Å². The fourth-order valence-corrected chi connectivity index (χ4v) is 8.03. The quantitative estimate of drug-likeness (QED) is 0.243. The Bertz CT molecular complexity index is 1670. The normalized spacial score (nSPS) is 17.6. The number of likely N-dealkylation sites (N-methyl/N-ethyl adjacent to an activating group) is 1. The Hall–Kier alpha value is -4.23. The summed E-state index contributed by atoms with van der Waals surface area (Å²) in [5.74, 6) is -1.60. The molecule has 11 nitrogen and oxygen atoms in total. The van der Waals surface area contributed by atoms with Gasteiger partial charge in [0.25, 0.3) is 5.91 Å². The summed E-state index contributed by atoms with van der Waals surface area (Å²) in [6, 6.07) is 8.77. The number of hydrogen-bond donors (Lipinski definition) is 3. The average molecular weight is 692 g/mol. The number of rotatable bonds is 12. The molecule has 1 aliphatic carbocycles. The van der Waals surface area contributed by atoms with Crippen LogP contribution in [-0.4, -0.2) is 94.5 Å². The van der Waals surface area contributed by atoms with Gasteiger partial charge >= 0.3 is 0 Å². The smallest absolute Gasteiger partial charge is 0.255 e. The van der Waals surface area contributed by atoms with Crippen LogP contribution in [0.3, 0.4) is 0 Å². The van der Waals surface area contributed by atoms with Gasteiger partial charge in [-0.05, 0) is 55.6 Å². The van der Waals surface area contributed by atoms with Gasteiger partial charge in [-0.2, -0.15) is 0 Å². The maximum absolute atomic E-state index is 15.7. The lowest BCUT2D eigenvalue weighted by molar-refractivity contribution is -0.137. The number of carbonyl (C=O) groups excluding carboxylic acids is 4. The number of hydrogen-bond acceptors (Lipinski definition) is 7. The van der Waals surface area contributed by atoms with Crippen molar-refractivity contribution in [2.45, 2.75) is 69.6 Å².